The summed E-state index contributed by atoms with van der Waals surface area (Å²) in [6.07, 6.45) is 2.14. The molecule has 1 fully saturated rings. The number of benzene rings is 1. The van der Waals surface area contributed by atoms with Gasteiger partial charge in [0, 0.05) is 38.4 Å². The van der Waals surface area contributed by atoms with Crippen molar-refractivity contribution in [2.24, 2.45) is 11.8 Å². The van der Waals surface area contributed by atoms with Crippen molar-refractivity contribution in [1.82, 2.24) is 4.90 Å². The monoisotopic (exact) mass is 294 g/mol. The van der Waals surface area contributed by atoms with E-state index in [-0.39, 0.29) is 10.6 Å². The SMILES string of the molecule is CN(Cc1cc([N+](=O)[O-])ccc1NN)CC1CCOCC1. The molecule has 0 bridgehead atoms. The second-order valence-corrected chi connectivity index (χ2v) is 5.50. The Kier molecular flexibility index (Phi) is 5.49. The van der Waals surface area contributed by atoms with Crippen LogP contribution in [0, 0.1) is 16.0 Å². The van der Waals surface area contributed by atoms with Gasteiger partial charge in [0.25, 0.3) is 5.69 Å². The minimum atomic E-state index is -0.387. The van der Waals surface area contributed by atoms with Gasteiger partial charge in [0.15, 0.2) is 0 Å². The van der Waals surface area contributed by atoms with Gasteiger partial charge in [-0.05, 0) is 37.4 Å². The van der Waals surface area contributed by atoms with E-state index in [1.54, 1.807) is 12.1 Å². The van der Waals surface area contributed by atoms with Crippen LogP contribution in [0.1, 0.15) is 18.4 Å². The number of nitro groups is 1. The smallest absolute Gasteiger partial charge is 0.269 e. The van der Waals surface area contributed by atoms with Crippen LogP contribution in [-0.2, 0) is 11.3 Å². The number of anilines is 1. The van der Waals surface area contributed by atoms with Gasteiger partial charge >= 0.3 is 0 Å². The maximum absolute atomic E-state index is 10.9. The highest BCUT2D eigenvalue weighted by Crippen LogP contribution is 2.23. The Bertz CT molecular complexity index is 489. The fraction of sp³-hybridized carbons (Fsp3) is 0.571. The molecule has 0 saturated carbocycles. The van der Waals surface area contributed by atoms with Crippen LogP contribution in [0.3, 0.4) is 0 Å². The molecule has 1 saturated heterocycles. The normalized spacial score (nSPS) is 16.1. The molecule has 0 amide bonds. The fourth-order valence-electron chi connectivity index (χ4n) is 2.69. The van der Waals surface area contributed by atoms with E-state index in [4.69, 9.17) is 10.6 Å². The molecule has 116 valence electrons. The third-order valence-electron chi connectivity index (χ3n) is 3.81. The first-order valence-corrected chi connectivity index (χ1v) is 7.10. The van der Waals surface area contributed by atoms with Crippen LogP contribution >= 0.6 is 0 Å². The number of nitrogens with two attached hydrogens (primary N) is 1. The van der Waals surface area contributed by atoms with Crippen molar-refractivity contribution in [3.63, 3.8) is 0 Å². The zero-order chi connectivity index (χ0) is 15.2. The summed E-state index contributed by atoms with van der Waals surface area (Å²) >= 11 is 0. The average molecular weight is 294 g/mol. The summed E-state index contributed by atoms with van der Waals surface area (Å²) in [5, 5.41) is 10.9. The number of rotatable bonds is 6. The van der Waals surface area contributed by atoms with Gasteiger partial charge in [-0.3, -0.25) is 16.0 Å². The zero-order valence-electron chi connectivity index (χ0n) is 12.2. The molecular formula is C14H22N4O3. The summed E-state index contributed by atoms with van der Waals surface area (Å²) in [7, 11) is 2.02. The number of nitrogen functional groups attached to an aromatic ring is 1. The first-order valence-electron chi connectivity index (χ1n) is 7.10. The lowest BCUT2D eigenvalue weighted by Gasteiger charge is -2.27. The van der Waals surface area contributed by atoms with Crippen molar-refractivity contribution >= 4 is 11.4 Å². The Labute approximate surface area is 124 Å². The molecule has 2 rings (SSSR count). The predicted molar refractivity (Wildman–Crippen MR) is 80.8 cm³/mol. The molecule has 1 heterocycles. The van der Waals surface area contributed by atoms with Crippen molar-refractivity contribution in [2.75, 3.05) is 32.2 Å². The minimum absolute atomic E-state index is 0.0865. The largest absolute Gasteiger partial charge is 0.381 e. The van der Waals surface area contributed by atoms with E-state index >= 15 is 0 Å². The maximum Gasteiger partial charge on any atom is 0.269 e. The van der Waals surface area contributed by atoms with Gasteiger partial charge in [-0.2, -0.15) is 0 Å². The van der Waals surface area contributed by atoms with Gasteiger partial charge in [-0.25, -0.2) is 0 Å². The lowest BCUT2D eigenvalue weighted by Crippen LogP contribution is -2.29. The molecule has 0 spiro atoms. The number of nitro benzene ring substituents is 1. The van der Waals surface area contributed by atoms with E-state index in [0.717, 1.165) is 43.9 Å². The number of hydrogen-bond acceptors (Lipinski definition) is 6. The van der Waals surface area contributed by atoms with Gasteiger partial charge in [-0.15, -0.1) is 0 Å². The quantitative estimate of drug-likeness (QED) is 0.471. The van der Waals surface area contributed by atoms with Gasteiger partial charge < -0.3 is 15.1 Å². The average Bonchev–Trinajstić information content (AvgIpc) is 2.48. The van der Waals surface area contributed by atoms with E-state index in [1.165, 1.54) is 6.07 Å². The Balaban J connectivity index is 2.02. The van der Waals surface area contributed by atoms with Crippen molar-refractivity contribution in [3.05, 3.63) is 33.9 Å². The summed E-state index contributed by atoms with van der Waals surface area (Å²) in [6, 6.07) is 4.68. The van der Waals surface area contributed by atoms with Crippen LogP contribution in [0.15, 0.2) is 18.2 Å². The molecule has 1 aromatic carbocycles. The Morgan fingerprint density at radius 1 is 1.48 bits per heavy atom. The van der Waals surface area contributed by atoms with Crippen molar-refractivity contribution < 1.29 is 9.66 Å². The van der Waals surface area contributed by atoms with Crippen molar-refractivity contribution in [3.8, 4) is 0 Å². The highest BCUT2D eigenvalue weighted by Gasteiger charge is 2.17. The number of nitrogens with one attached hydrogen (secondary N) is 1. The highest BCUT2D eigenvalue weighted by molar-refractivity contribution is 5.55. The molecule has 0 aromatic heterocycles. The topological polar surface area (TPSA) is 93.7 Å². The highest BCUT2D eigenvalue weighted by atomic mass is 16.6. The predicted octanol–water partition coefficient (Wildman–Crippen LogP) is 1.74. The standard InChI is InChI=1S/C14H22N4O3/c1-17(9-11-4-6-21-7-5-11)10-12-8-13(18(19)20)2-3-14(12)16-15/h2-3,8,11,16H,4-7,9-10,15H2,1H3. The van der Waals surface area contributed by atoms with Crippen molar-refractivity contribution in [2.45, 2.75) is 19.4 Å². The second-order valence-electron chi connectivity index (χ2n) is 5.50. The molecule has 1 aliphatic heterocycles. The molecule has 1 aliphatic rings. The van der Waals surface area contributed by atoms with Crippen LogP contribution in [0.2, 0.25) is 0 Å². The molecule has 3 N–H and O–H groups in total. The lowest BCUT2D eigenvalue weighted by atomic mass is 9.99. The van der Waals surface area contributed by atoms with Crippen LogP contribution < -0.4 is 11.3 Å². The van der Waals surface area contributed by atoms with Crippen LogP contribution in [0.5, 0.6) is 0 Å². The van der Waals surface area contributed by atoms with Crippen molar-refractivity contribution in [1.29, 1.82) is 0 Å². The number of hydrogen-bond donors (Lipinski definition) is 2. The van der Waals surface area contributed by atoms with E-state index in [9.17, 15) is 10.1 Å². The summed E-state index contributed by atoms with van der Waals surface area (Å²) in [5.41, 5.74) is 4.24. The van der Waals surface area contributed by atoms with E-state index < -0.39 is 0 Å². The molecule has 21 heavy (non-hydrogen) atoms. The van der Waals surface area contributed by atoms with Crippen LogP contribution in [0.4, 0.5) is 11.4 Å². The molecule has 0 aliphatic carbocycles. The Hall–Kier alpha value is -1.70. The van der Waals surface area contributed by atoms with Gasteiger partial charge in [-0.1, -0.05) is 0 Å². The first-order chi connectivity index (χ1) is 10.1. The maximum atomic E-state index is 10.9. The van der Waals surface area contributed by atoms with E-state index in [1.807, 2.05) is 7.05 Å². The third kappa shape index (κ3) is 4.38. The minimum Gasteiger partial charge on any atom is -0.381 e. The Morgan fingerprint density at radius 2 is 2.19 bits per heavy atom. The molecule has 1 aromatic rings. The van der Waals surface area contributed by atoms with Gasteiger partial charge in [0.05, 0.1) is 10.6 Å². The fourth-order valence-corrected chi connectivity index (χ4v) is 2.69. The lowest BCUT2D eigenvalue weighted by molar-refractivity contribution is -0.384. The number of ether oxygens (including phenoxy) is 1. The molecule has 7 heteroatoms. The van der Waals surface area contributed by atoms with Gasteiger partial charge in [0.1, 0.15) is 0 Å². The molecular weight excluding hydrogens is 272 g/mol. The molecule has 0 unspecified atom stereocenters. The summed E-state index contributed by atoms with van der Waals surface area (Å²) < 4.78 is 5.36. The first kappa shape index (κ1) is 15.7. The molecule has 0 radical (unpaired) electrons. The van der Waals surface area contributed by atoms with Crippen LogP contribution in [0.25, 0.3) is 0 Å². The van der Waals surface area contributed by atoms with Crippen LogP contribution in [-0.4, -0.2) is 36.6 Å². The third-order valence-corrected chi connectivity index (χ3v) is 3.81. The Morgan fingerprint density at radius 3 is 2.81 bits per heavy atom. The number of nitrogens with zero attached hydrogens (tertiary/aromatic N) is 2. The summed E-state index contributed by atoms with van der Waals surface area (Å²) in [4.78, 5) is 12.7. The molecule has 7 nitrogen and oxygen atoms in total. The number of hydrazine groups is 1. The van der Waals surface area contributed by atoms with E-state index in [2.05, 4.69) is 10.3 Å². The van der Waals surface area contributed by atoms with E-state index in [0.29, 0.717) is 12.5 Å². The summed E-state index contributed by atoms with van der Waals surface area (Å²) in [6.45, 7) is 3.23. The van der Waals surface area contributed by atoms with Gasteiger partial charge in [0.2, 0.25) is 0 Å². The number of non-ortho nitro benzene ring substituents is 1. The summed E-state index contributed by atoms with van der Waals surface area (Å²) in [5.74, 6) is 6.10. The second kappa shape index (κ2) is 7.35. The zero-order valence-corrected chi connectivity index (χ0v) is 12.2. The molecule has 0 atom stereocenters.